The Bertz CT molecular complexity index is 152. The van der Waals surface area contributed by atoms with Crippen LogP contribution in [0.5, 0.6) is 0 Å². The lowest BCUT2D eigenvalue weighted by Crippen LogP contribution is -2.46. The molecule has 0 aromatic rings. The van der Waals surface area contributed by atoms with Crippen molar-refractivity contribution >= 4 is 0 Å². The molecule has 1 fully saturated rings. The molecule has 0 spiro atoms. The van der Waals surface area contributed by atoms with Crippen molar-refractivity contribution in [2.24, 2.45) is 0 Å². The molecule has 0 heterocycles. The van der Waals surface area contributed by atoms with Crippen molar-refractivity contribution in [2.75, 3.05) is 6.61 Å². The Morgan fingerprint density at radius 3 is 2.71 bits per heavy atom. The number of aliphatic hydroxyl groups is 2. The average molecular weight is 201 g/mol. The van der Waals surface area contributed by atoms with Crippen LogP contribution in [0, 0.1) is 0 Å². The third-order valence-electron chi connectivity index (χ3n) is 3.02. The zero-order valence-corrected chi connectivity index (χ0v) is 9.08. The first kappa shape index (κ1) is 12.0. The monoisotopic (exact) mass is 201 g/mol. The third-order valence-corrected chi connectivity index (χ3v) is 3.02. The number of hydrogen-bond acceptors (Lipinski definition) is 3. The SMILES string of the molecule is CC(CCCO)N[C@@H]1CCCC[C@H]1O. The zero-order chi connectivity index (χ0) is 10.4. The molecule has 3 N–H and O–H groups in total. The summed E-state index contributed by atoms with van der Waals surface area (Å²) in [6, 6.07) is 0.678. The first-order valence-corrected chi connectivity index (χ1v) is 5.79. The number of rotatable bonds is 5. The second-order valence-corrected chi connectivity index (χ2v) is 4.39. The van der Waals surface area contributed by atoms with E-state index in [0.717, 1.165) is 32.1 Å². The fraction of sp³-hybridized carbons (Fsp3) is 1.00. The molecule has 3 heteroatoms. The van der Waals surface area contributed by atoms with Gasteiger partial charge in [-0.25, -0.2) is 0 Å². The summed E-state index contributed by atoms with van der Waals surface area (Å²) in [5.74, 6) is 0. The molecule has 1 rings (SSSR count). The molecular formula is C11H23NO2. The van der Waals surface area contributed by atoms with Crippen LogP contribution in [0.15, 0.2) is 0 Å². The van der Waals surface area contributed by atoms with E-state index in [2.05, 4.69) is 12.2 Å². The standard InChI is InChI=1S/C11H23NO2/c1-9(5-4-8-13)12-10-6-2-3-7-11(10)14/h9-14H,2-8H2,1H3/t9?,10-,11-/m1/s1. The van der Waals surface area contributed by atoms with Gasteiger partial charge in [0.1, 0.15) is 0 Å². The highest BCUT2D eigenvalue weighted by atomic mass is 16.3. The first-order chi connectivity index (χ1) is 6.74. The summed E-state index contributed by atoms with van der Waals surface area (Å²) in [6.45, 7) is 2.39. The molecule has 1 aliphatic rings. The Labute approximate surface area is 86.5 Å². The highest BCUT2D eigenvalue weighted by Crippen LogP contribution is 2.19. The van der Waals surface area contributed by atoms with E-state index in [9.17, 15) is 5.11 Å². The van der Waals surface area contributed by atoms with E-state index in [1.807, 2.05) is 0 Å². The second-order valence-electron chi connectivity index (χ2n) is 4.39. The molecule has 14 heavy (non-hydrogen) atoms. The summed E-state index contributed by atoms with van der Waals surface area (Å²) in [5.41, 5.74) is 0. The molecular weight excluding hydrogens is 178 g/mol. The van der Waals surface area contributed by atoms with Gasteiger partial charge in [0.15, 0.2) is 0 Å². The zero-order valence-electron chi connectivity index (χ0n) is 9.08. The van der Waals surface area contributed by atoms with Gasteiger partial charge in [-0.1, -0.05) is 12.8 Å². The van der Waals surface area contributed by atoms with E-state index in [0.29, 0.717) is 6.04 Å². The Hall–Kier alpha value is -0.120. The van der Waals surface area contributed by atoms with Crippen molar-refractivity contribution in [3.05, 3.63) is 0 Å². The fourth-order valence-corrected chi connectivity index (χ4v) is 2.15. The predicted molar refractivity (Wildman–Crippen MR) is 57.2 cm³/mol. The first-order valence-electron chi connectivity index (χ1n) is 5.79. The lowest BCUT2D eigenvalue weighted by Gasteiger charge is -2.31. The molecule has 0 bridgehead atoms. The molecule has 1 aliphatic carbocycles. The Morgan fingerprint density at radius 1 is 1.36 bits per heavy atom. The van der Waals surface area contributed by atoms with E-state index < -0.39 is 0 Å². The van der Waals surface area contributed by atoms with E-state index >= 15 is 0 Å². The Morgan fingerprint density at radius 2 is 2.07 bits per heavy atom. The van der Waals surface area contributed by atoms with Crippen molar-refractivity contribution in [3.63, 3.8) is 0 Å². The highest BCUT2D eigenvalue weighted by molar-refractivity contribution is 4.82. The molecule has 0 aliphatic heterocycles. The quantitative estimate of drug-likeness (QED) is 0.623. The summed E-state index contributed by atoms with van der Waals surface area (Å²) in [7, 11) is 0. The molecule has 84 valence electrons. The highest BCUT2D eigenvalue weighted by Gasteiger charge is 2.23. The number of aliphatic hydroxyl groups excluding tert-OH is 2. The molecule has 1 unspecified atom stereocenters. The van der Waals surface area contributed by atoms with Gasteiger partial charge in [-0.3, -0.25) is 0 Å². The largest absolute Gasteiger partial charge is 0.396 e. The van der Waals surface area contributed by atoms with Gasteiger partial charge < -0.3 is 15.5 Å². The summed E-state index contributed by atoms with van der Waals surface area (Å²) in [4.78, 5) is 0. The van der Waals surface area contributed by atoms with Crippen molar-refractivity contribution in [1.82, 2.24) is 5.32 Å². The van der Waals surface area contributed by atoms with Gasteiger partial charge in [-0.15, -0.1) is 0 Å². The molecule has 0 amide bonds. The minimum absolute atomic E-state index is 0.166. The van der Waals surface area contributed by atoms with Gasteiger partial charge in [-0.05, 0) is 32.6 Å². The minimum Gasteiger partial charge on any atom is -0.396 e. The van der Waals surface area contributed by atoms with Crippen LogP contribution in [-0.2, 0) is 0 Å². The third kappa shape index (κ3) is 3.95. The van der Waals surface area contributed by atoms with Crippen LogP contribution in [0.2, 0.25) is 0 Å². The van der Waals surface area contributed by atoms with Crippen LogP contribution < -0.4 is 5.32 Å². The normalized spacial score (nSPS) is 30.2. The van der Waals surface area contributed by atoms with Crippen molar-refractivity contribution < 1.29 is 10.2 Å². The number of hydrogen-bond donors (Lipinski definition) is 3. The van der Waals surface area contributed by atoms with E-state index in [4.69, 9.17) is 5.11 Å². The van der Waals surface area contributed by atoms with Crippen LogP contribution in [0.3, 0.4) is 0 Å². The van der Waals surface area contributed by atoms with Gasteiger partial charge >= 0.3 is 0 Å². The van der Waals surface area contributed by atoms with Crippen LogP contribution in [0.1, 0.15) is 45.4 Å². The Kier molecular flexibility index (Phi) is 5.45. The molecule has 0 aromatic carbocycles. The minimum atomic E-state index is -0.166. The van der Waals surface area contributed by atoms with Crippen LogP contribution in [0.4, 0.5) is 0 Å². The van der Waals surface area contributed by atoms with Crippen LogP contribution >= 0.6 is 0 Å². The van der Waals surface area contributed by atoms with Crippen molar-refractivity contribution in [2.45, 2.75) is 63.6 Å². The maximum Gasteiger partial charge on any atom is 0.0693 e. The second kappa shape index (κ2) is 6.38. The molecule has 0 saturated heterocycles. The molecule has 0 radical (unpaired) electrons. The topological polar surface area (TPSA) is 52.5 Å². The maximum atomic E-state index is 9.73. The van der Waals surface area contributed by atoms with Crippen molar-refractivity contribution in [1.29, 1.82) is 0 Å². The lowest BCUT2D eigenvalue weighted by atomic mass is 9.92. The summed E-state index contributed by atoms with van der Waals surface area (Å²) in [5, 5.41) is 21.9. The molecule has 1 saturated carbocycles. The van der Waals surface area contributed by atoms with Crippen LogP contribution in [0.25, 0.3) is 0 Å². The average Bonchev–Trinajstić information content (AvgIpc) is 2.18. The van der Waals surface area contributed by atoms with Gasteiger partial charge in [0.25, 0.3) is 0 Å². The maximum absolute atomic E-state index is 9.73. The van der Waals surface area contributed by atoms with Gasteiger partial charge in [0.2, 0.25) is 0 Å². The van der Waals surface area contributed by atoms with E-state index in [1.54, 1.807) is 0 Å². The molecule has 3 nitrogen and oxygen atoms in total. The summed E-state index contributed by atoms with van der Waals surface area (Å²) >= 11 is 0. The lowest BCUT2D eigenvalue weighted by molar-refractivity contribution is 0.0848. The van der Waals surface area contributed by atoms with Gasteiger partial charge in [0, 0.05) is 18.7 Å². The smallest absolute Gasteiger partial charge is 0.0693 e. The van der Waals surface area contributed by atoms with Gasteiger partial charge in [-0.2, -0.15) is 0 Å². The molecule has 3 atom stereocenters. The van der Waals surface area contributed by atoms with Crippen LogP contribution in [-0.4, -0.2) is 35.0 Å². The predicted octanol–water partition coefficient (Wildman–Crippen LogP) is 1.04. The summed E-state index contributed by atoms with van der Waals surface area (Å²) < 4.78 is 0. The summed E-state index contributed by atoms with van der Waals surface area (Å²) in [6.07, 6.45) is 6.07. The van der Waals surface area contributed by atoms with Crippen molar-refractivity contribution in [3.8, 4) is 0 Å². The fourth-order valence-electron chi connectivity index (χ4n) is 2.15. The number of nitrogens with one attached hydrogen (secondary N) is 1. The van der Waals surface area contributed by atoms with Gasteiger partial charge in [0.05, 0.1) is 6.10 Å². The Balaban J connectivity index is 2.20. The van der Waals surface area contributed by atoms with E-state index in [1.165, 1.54) is 6.42 Å². The molecule has 0 aromatic heterocycles. The van der Waals surface area contributed by atoms with E-state index in [-0.39, 0.29) is 18.8 Å².